The Hall–Kier alpha value is -2.45. The molecule has 0 unspecified atom stereocenters. The number of morpholine rings is 1. The molecule has 6 nitrogen and oxygen atoms in total. The van der Waals surface area contributed by atoms with E-state index in [-0.39, 0.29) is 44.0 Å². The van der Waals surface area contributed by atoms with Crippen LogP contribution in [-0.4, -0.2) is 49.1 Å². The highest BCUT2D eigenvalue weighted by Gasteiger charge is 2.34. The van der Waals surface area contributed by atoms with Crippen molar-refractivity contribution in [2.75, 3.05) is 26.4 Å². The summed E-state index contributed by atoms with van der Waals surface area (Å²) >= 11 is 1.54. The normalized spacial score (nSPS) is 17.2. The molecule has 0 bridgehead atoms. The highest BCUT2D eigenvalue weighted by molar-refractivity contribution is 7.09. The van der Waals surface area contributed by atoms with E-state index in [9.17, 15) is 14.0 Å². The van der Waals surface area contributed by atoms with E-state index < -0.39 is 6.04 Å². The van der Waals surface area contributed by atoms with Gasteiger partial charge in [0.15, 0.2) is 0 Å². The van der Waals surface area contributed by atoms with Crippen LogP contribution in [0.2, 0.25) is 0 Å². The van der Waals surface area contributed by atoms with E-state index in [1.165, 1.54) is 35.6 Å². The van der Waals surface area contributed by atoms with Crippen LogP contribution in [0.15, 0.2) is 41.8 Å². The Morgan fingerprint density at radius 2 is 2.15 bits per heavy atom. The fraction of sp³-hybridized carbons (Fsp3) is 0.333. The van der Waals surface area contributed by atoms with Crippen LogP contribution in [0.25, 0.3) is 0 Å². The molecule has 3 rings (SSSR count). The number of carbonyl (C=O) groups is 2. The van der Waals surface area contributed by atoms with Gasteiger partial charge in [-0.05, 0) is 35.7 Å². The van der Waals surface area contributed by atoms with Gasteiger partial charge < -0.3 is 19.7 Å². The number of thiophene rings is 1. The predicted octanol–water partition coefficient (Wildman–Crippen LogP) is 1.81. The Balaban J connectivity index is 1.50. The van der Waals surface area contributed by atoms with E-state index >= 15 is 0 Å². The first-order chi connectivity index (χ1) is 12.6. The SMILES string of the molecule is O=C(NCCOc1ccc(F)cc1)[C@@H]1COCC(=O)N1Cc1cccs1. The number of hydrogen-bond donors (Lipinski definition) is 1. The molecule has 26 heavy (non-hydrogen) atoms. The third-order valence-electron chi connectivity index (χ3n) is 3.89. The highest BCUT2D eigenvalue weighted by atomic mass is 32.1. The summed E-state index contributed by atoms with van der Waals surface area (Å²) in [5, 5.41) is 4.69. The van der Waals surface area contributed by atoms with E-state index in [4.69, 9.17) is 9.47 Å². The maximum absolute atomic E-state index is 12.8. The Morgan fingerprint density at radius 1 is 1.35 bits per heavy atom. The summed E-state index contributed by atoms with van der Waals surface area (Å²) in [5.41, 5.74) is 0. The van der Waals surface area contributed by atoms with Gasteiger partial charge in [-0.1, -0.05) is 6.07 Å². The summed E-state index contributed by atoms with van der Waals surface area (Å²) in [6, 6.07) is 8.83. The van der Waals surface area contributed by atoms with Crippen LogP contribution in [0.3, 0.4) is 0 Å². The number of halogens is 1. The first-order valence-corrected chi connectivity index (χ1v) is 9.07. The fourth-order valence-electron chi connectivity index (χ4n) is 2.58. The van der Waals surface area contributed by atoms with Gasteiger partial charge in [0, 0.05) is 4.88 Å². The van der Waals surface area contributed by atoms with Crippen LogP contribution in [-0.2, 0) is 20.9 Å². The Morgan fingerprint density at radius 3 is 2.88 bits per heavy atom. The average Bonchev–Trinajstić information content (AvgIpc) is 3.15. The number of rotatable bonds is 7. The van der Waals surface area contributed by atoms with Gasteiger partial charge in [0.1, 0.15) is 30.8 Å². The molecule has 1 atom stereocenters. The van der Waals surface area contributed by atoms with E-state index in [2.05, 4.69) is 5.32 Å². The van der Waals surface area contributed by atoms with Crippen molar-refractivity contribution in [3.63, 3.8) is 0 Å². The van der Waals surface area contributed by atoms with Crippen molar-refractivity contribution in [3.05, 3.63) is 52.5 Å². The van der Waals surface area contributed by atoms with Crippen LogP contribution in [0, 0.1) is 5.82 Å². The lowest BCUT2D eigenvalue weighted by Gasteiger charge is -2.34. The van der Waals surface area contributed by atoms with E-state index in [1.54, 1.807) is 4.90 Å². The number of carbonyl (C=O) groups excluding carboxylic acids is 2. The monoisotopic (exact) mass is 378 g/mol. The molecule has 0 spiro atoms. The van der Waals surface area contributed by atoms with Gasteiger partial charge in [0.05, 0.1) is 19.7 Å². The van der Waals surface area contributed by atoms with Crippen LogP contribution in [0.5, 0.6) is 5.75 Å². The molecule has 1 saturated heterocycles. The lowest BCUT2D eigenvalue weighted by molar-refractivity contribution is -0.155. The quantitative estimate of drug-likeness (QED) is 0.747. The van der Waals surface area contributed by atoms with Crippen LogP contribution in [0.1, 0.15) is 4.88 Å². The van der Waals surface area contributed by atoms with E-state index in [0.29, 0.717) is 12.3 Å². The van der Waals surface area contributed by atoms with Gasteiger partial charge in [-0.15, -0.1) is 11.3 Å². The summed E-state index contributed by atoms with van der Waals surface area (Å²) in [5.74, 6) is -0.292. The molecular formula is C18H19FN2O4S. The predicted molar refractivity (Wildman–Crippen MR) is 94.4 cm³/mol. The third-order valence-corrected chi connectivity index (χ3v) is 4.75. The number of amides is 2. The van der Waals surface area contributed by atoms with Crippen molar-refractivity contribution < 1.29 is 23.5 Å². The van der Waals surface area contributed by atoms with Crippen molar-refractivity contribution in [1.29, 1.82) is 0 Å². The Kier molecular flexibility index (Phi) is 6.19. The van der Waals surface area contributed by atoms with Crippen LogP contribution in [0.4, 0.5) is 4.39 Å². The van der Waals surface area contributed by atoms with Crippen molar-refractivity contribution in [2.45, 2.75) is 12.6 Å². The van der Waals surface area contributed by atoms with Gasteiger partial charge in [0.25, 0.3) is 0 Å². The lowest BCUT2D eigenvalue weighted by atomic mass is 10.2. The molecule has 1 aromatic heterocycles. The molecule has 0 radical (unpaired) electrons. The molecule has 1 N–H and O–H groups in total. The molecule has 8 heteroatoms. The second-order valence-corrected chi connectivity index (χ2v) is 6.76. The Labute approximate surface area is 154 Å². The second-order valence-electron chi connectivity index (χ2n) is 5.73. The molecule has 0 aliphatic carbocycles. The van der Waals surface area contributed by atoms with Crippen molar-refractivity contribution in [1.82, 2.24) is 10.2 Å². The molecular weight excluding hydrogens is 359 g/mol. The summed E-state index contributed by atoms with van der Waals surface area (Å²) < 4.78 is 23.5. The first-order valence-electron chi connectivity index (χ1n) is 8.19. The highest BCUT2D eigenvalue weighted by Crippen LogP contribution is 2.17. The van der Waals surface area contributed by atoms with Gasteiger partial charge >= 0.3 is 0 Å². The molecule has 1 aliphatic heterocycles. The van der Waals surface area contributed by atoms with Gasteiger partial charge in [-0.3, -0.25) is 9.59 Å². The molecule has 0 saturated carbocycles. The van der Waals surface area contributed by atoms with Crippen molar-refractivity contribution in [2.24, 2.45) is 0 Å². The zero-order valence-corrected chi connectivity index (χ0v) is 14.8. The lowest BCUT2D eigenvalue weighted by Crippen LogP contribution is -2.56. The number of benzene rings is 1. The minimum atomic E-state index is -0.663. The average molecular weight is 378 g/mol. The molecule has 1 aliphatic rings. The van der Waals surface area contributed by atoms with Gasteiger partial charge in [-0.2, -0.15) is 0 Å². The largest absolute Gasteiger partial charge is 0.492 e. The first kappa shape index (κ1) is 18.3. The summed E-state index contributed by atoms with van der Waals surface area (Å²) in [6.07, 6.45) is 0. The molecule has 2 amide bonds. The second kappa shape index (κ2) is 8.77. The van der Waals surface area contributed by atoms with Crippen LogP contribution >= 0.6 is 11.3 Å². The zero-order chi connectivity index (χ0) is 18.4. The smallest absolute Gasteiger partial charge is 0.249 e. The van der Waals surface area contributed by atoms with E-state index in [1.807, 2.05) is 17.5 Å². The minimum Gasteiger partial charge on any atom is -0.492 e. The van der Waals surface area contributed by atoms with E-state index in [0.717, 1.165) is 4.88 Å². The van der Waals surface area contributed by atoms with Gasteiger partial charge in [-0.25, -0.2) is 4.39 Å². The number of nitrogens with zero attached hydrogens (tertiary/aromatic N) is 1. The minimum absolute atomic E-state index is 0.0111. The summed E-state index contributed by atoms with van der Waals surface area (Å²) in [7, 11) is 0. The number of nitrogens with one attached hydrogen (secondary N) is 1. The molecule has 2 aromatic rings. The van der Waals surface area contributed by atoms with Crippen molar-refractivity contribution in [3.8, 4) is 5.75 Å². The molecule has 1 aromatic carbocycles. The number of ether oxygens (including phenoxy) is 2. The maximum Gasteiger partial charge on any atom is 0.249 e. The fourth-order valence-corrected chi connectivity index (χ4v) is 3.29. The topological polar surface area (TPSA) is 67.9 Å². The standard InChI is InChI=1S/C18H19FN2O4S/c19-13-3-5-14(6-4-13)25-8-7-20-18(23)16-11-24-12-17(22)21(16)10-15-2-1-9-26-15/h1-6,9,16H,7-8,10-12H2,(H,20,23)/t16-/m0/s1. The van der Waals surface area contributed by atoms with Crippen molar-refractivity contribution >= 4 is 23.2 Å². The van der Waals surface area contributed by atoms with Gasteiger partial charge in [0.2, 0.25) is 11.8 Å². The molecule has 1 fully saturated rings. The van der Waals surface area contributed by atoms with Crippen LogP contribution < -0.4 is 10.1 Å². The maximum atomic E-state index is 12.8. The molecule has 2 heterocycles. The molecule has 138 valence electrons. The number of hydrogen-bond acceptors (Lipinski definition) is 5. The Bertz CT molecular complexity index is 736. The zero-order valence-electron chi connectivity index (χ0n) is 14.0. The summed E-state index contributed by atoms with van der Waals surface area (Å²) in [6.45, 7) is 1.06. The summed E-state index contributed by atoms with van der Waals surface area (Å²) in [4.78, 5) is 27.2. The third kappa shape index (κ3) is 4.80.